The third kappa shape index (κ3) is 3.02. The number of sulfonamides is 1. The molecule has 0 aliphatic heterocycles. The second-order valence-corrected chi connectivity index (χ2v) is 6.13. The number of nitrogens with zero attached hydrogens (tertiary/aromatic N) is 1. The van der Waals surface area contributed by atoms with Crippen molar-refractivity contribution in [3.8, 4) is 0 Å². The molecule has 0 saturated heterocycles. The Morgan fingerprint density at radius 3 is 2.79 bits per heavy atom. The summed E-state index contributed by atoms with van der Waals surface area (Å²) in [5.74, 6) is 0. The van der Waals surface area contributed by atoms with Gasteiger partial charge in [0.05, 0.1) is 17.3 Å². The lowest BCUT2D eigenvalue weighted by Gasteiger charge is -2.05. The molecule has 0 radical (unpaired) electrons. The highest BCUT2D eigenvalue weighted by Crippen LogP contribution is 2.17. The highest BCUT2D eigenvalue weighted by atomic mass is 32.2. The number of aliphatic hydroxyl groups is 1. The minimum atomic E-state index is -3.49. The average Bonchev–Trinajstić information content (AvgIpc) is 2.49. The molecule has 0 aliphatic rings. The van der Waals surface area contributed by atoms with Crippen molar-refractivity contribution < 1.29 is 13.5 Å². The molecule has 0 bridgehead atoms. The molecule has 0 saturated carbocycles. The Morgan fingerprint density at radius 2 is 2.36 bits per heavy atom. The third-order valence-corrected chi connectivity index (χ3v) is 4.23. The van der Waals surface area contributed by atoms with Crippen molar-refractivity contribution in [1.29, 1.82) is 0 Å². The van der Waals surface area contributed by atoms with Crippen LogP contribution in [0.2, 0.25) is 0 Å². The van der Waals surface area contributed by atoms with Crippen LogP contribution in [0.1, 0.15) is 11.9 Å². The molecule has 1 rings (SSSR count). The lowest BCUT2D eigenvalue weighted by atomic mass is 10.4. The van der Waals surface area contributed by atoms with E-state index in [4.69, 9.17) is 5.11 Å². The zero-order chi connectivity index (χ0) is 10.8. The van der Waals surface area contributed by atoms with Gasteiger partial charge >= 0.3 is 0 Å². The van der Waals surface area contributed by atoms with Crippen LogP contribution in [0.25, 0.3) is 0 Å². The molecule has 1 aromatic rings. The smallest absolute Gasteiger partial charge is 0.251 e. The molecular formula is C7H12N2O3S2. The van der Waals surface area contributed by atoms with Crippen LogP contribution >= 0.6 is 11.3 Å². The first-order valence-corrected chi connectivity index (χ1v) is 6.32. The summed E-state index contributed by atoms with van der Waals surface area (Å²) in [5, 5.41) is 9.63. The van der Waals surface area contributed by atoms with Crippen molar-refractivity contribution in [3.63, 3.8) is 0 Å². The minimum absolute atomic E-state index is 0.0132. The van der Waals surface area contributed by atoms with Gasteiger partial charge in [-0.25, -0.2) is 18.1 Å². The molecule has 1 aromatic heterocycles. The number of hydrogen-bond donors (Lipinski definition) is 2. The maximum absolute atomic E-state index is 11.5. The monoisotopic (exact) mass is 236 g/mol. The van der Waals surface area contributed by atoms with E-state index in [0.717, 1.165) is 11.3 Å². The molecule has 0 aromatic carbocycles. The van der Waals surface area contributed by atoms with E-state index in [-0.39, 0.29) is 10.8 Å². The van der Waals surface area contributed by atoms with E-state index >= 15 is 0 Å². The van der Waals surface area contributed by atoms with Gasteiger partial charge in [-0.05, 0) is 13.8 Å². The largest absolute Gasteiger partial charge is 0.392 e. The van der Waals surface area contributed by atoms with E-state index in [1.54, 1.807) is 6.92 Å². The average molecular weight is 236 g/mol. The van der Waals surface area contributed by atoms with Crippen LogP contribution in [0, 0.1) is 6.92 Å². The predicted octanol–water partition coefficient (Wildman–Crippen LogP) is 0.111. The molecule has 7 heteroatoms. The molecule has 0 aliphatic carbocycles. The van der Waals surface area contributed by atoms with E-state index in [9.17, 15) is 8.42 Å². The number of aromatic nitrogens is 1. The van der Waals surface area contributed by atoms with E-state index in [1.807, 2.05) is 0 Å². The van der Waals surface area contributed by atoms with Crippen molar-refractivity contribution in [2.45, 2.75) is 24.2 Å². The third-order valence-electron chi connectivity index (χ3n) is 1.43. The minimum Gasteiger partial charge on any atom is -0.392 e. The summed E-state index contributed by atoms with van der Waals surface area (Å²) in [6, 6.07) is 0. The number of rotatable bonds is 4. The van der Waals surface area contributed by atoms with Crippen LogP contribution in [-0.2, 0) is 10.0 Å². The second kappa shape index (κ2) is 4.35. The van der Waals surface area contributed by atoms with Crippen molar-refractivity contribution in [3.05, 3.63) is 11.2 Å². The summed E-state index contributed by atoms with van der Waals surface area (Å²) < 4.78 is 25.5. The first-order valence-electron chi connectivity index (χ1n) is 4.02. The summed E-state index contributed by atoms with van der Waals surface area (Å²) in [7, 11) is -3.49. The van der Waals surface area contributed by atoms with Gasteiger partial charge in [0.1, 0.15) is 0 Å². The molecule has 0 spiro atoms. The topological polar surface area (TPSA) is 79.3 Å². The number of nitrogens with one attached hydrogen (secondary N) is 1. The van der Waals surface area contributed by atoms with E-state index in [0.29, 0.717) is 5.01 Å². The highest BCUT2D eigenvalue weighted by molar-refractivity contribution is 7.91. The van der Waals surface area contributed by atoms with Gasteiger partial charge in [-0.2, -0.15) is 0 Å². The van der Waals surface area contributed by atoms with Gasteiger partial charge in [0.25, 0.3) is 10.0 Å². The van der Waals surface area contributed by atoms with Gasteiger partial charge < -0.3 is 5.11 Å². The van der Waals surface area contributed by atoms with Crippen LogP contribution in [0.5, 0.6) is 0 Å². The normalized spacial score (nSPS) is 14.2. The molecule has 14 heavy (non-hydrogen) atoms. The van der Waals surface area contributed by atoms with Crippen LogP contribution in [0.15, 0.2) is 10.4 Å². The number of thiazole rings is 1. The molecule has 0 unspecified atom stereocenters. The van der Waals surface area contributed by atoms with Crippen LogP contribution in [-0.4, -0.2) is 31.2 Å². The number of aliphatic hydroxyl groups excluding tert-OH is 1. The molecule has 2 N–H and O–H groups in total. The predicted molar refractivity (Wildman–Crippen MR) is 53.7 cm³/mol. The number of hydrogen-bond acceptors (Lipinski definition) is 5. The molecule has 0 fully saturated rings. The SMILES string of the molecule is Cc1ncc(S(=O)(=O)NC[C@@H](C)O)s1. The second-order valence-electron chi connectivity index (χ2n) is 2.90. The molecule has 0 amide bonds. The van der Waals surface area contributed by atoms with Crippen LogP contribution < -0.4 is 4.72 Å². The van der Waals surface area contributed by atoms with Crippen LogP contribution in [0.3, 0.4) is 0 Å². The zero-order valence-electron chi connectivity index (χ0n) is 7.89. The number of aryl methyl sites for hydroxylation is 1. The molecule has 1 atom stereocenters. The first-order chi connectivity index (χ1) is 6.42. The van der Waals surface area contributed by atoms with Gasteiger partial charge in [0.2, 0.25) is 0 Å². The van der Waals surface area contributed by atoms with Gasteiger partial charge in [-0.3, -0.25) is 0 Å². The quantitative estimate of drug-likeness (QED) is 0.777. The standard InChI is InChI=1S/C7H12N2O3S2/c1-5(10)3-9-14(11,12)7-4-8-6(2)13-7/h4-5,9-10H,3H2,1-2H3/t5-/m1/s1. The summed E-state index contributed by atoms with van der Waals surface area (Å²) in [6.07, 6.45) is 0.614. The summed E-state index contributed by atoms with van der Waals surface area (Å²) >= 11 is 1.10. The summed E-state index contributed by atoms with van der Waals surface area (Å²) in [4.78, 5) is 3.85. The molecule has 1 heterocycles. The van der Waals surface area contributed by atoms with Gasteiger partial charge in [-0.15, -0.1) is 11.3 Å². The van der Waals surface area contributed by atoms with Gasteiger partial charge in [0.15, 0.2) is 4.21 Å². The lowest BCUT2D eigenvalue weighted by Crippen LogP contribution is -2.30. The fraction of sp³-hybridized carbons (Fsp3) is 0.571. The van der Waals surface area contributed by atoms with E-state index in [1.165, 1.54) is 13.1 Å². The van der Waals surface area contributed by atoms with Crippen molar-refractivity contribution in [2.75, 3.05) is 6.54 Å². The maximum atomic E-state index is 11.5. The van der Waals surface area contributed by atoms with E-state index < -0.39 is 16.1 Å². The molecular weight excluding hydrogens is 224 g/mol. The fourth-order valence-corrected chi connectivity index (χ4v) is 3.04. The van der Waals surface area contributed by atoms with Crippen molar-refractivity contribution >= 4 is 21.4 Å². The lowest BCUT2D eigenvalue weighted by molar-refractivity contribution is 0.198. The zero-order valence-corrected chi connectivity index (χ0v) is 9.52. The molecule has 80 valence electrons. The first kappa shape index (κ1) is 11.6. The van der Waals surface area contributed by atoms with Crippen molar-refractivity contribution in [1.82, 2.24) is 9.71 Å². The van der Waals surface area contributed by atoms with Gasteiger partial charge in [-0.1, -0.05) is 0 Å². The molecule has 5 nitrogen and oxygen atoms in total. The Bertz CT molecular complexity index is 397. The summed E-state index contributed by atoms with van der Waals surface area (Å²) in [5.41, 5.74) is 0. The summed E-state index contributed by atoms with van der Waals surface area (Å²) in [6.45, 7) is 3.26. The maximum Gasteiger partial charge on any atom is 0.251 e. The van der Waals surface area contributed by atoms with Crippen molar-refractivity contribution in [2.24, 2.45) is 0 Å². The Balaban J connectivity index is 2.76. The highest BCUT2D eigenvalue weighted by Gasteiger charge is 2.16. The van der Waals surface area contributed by atoms with E-state index in [2.05, 4.69) is 9.71 Å². The Hall–Kier alpha value is -0.500. The van der Waals surface area contributed by atoms with Gasteiger partial charge in [0, 0.05) is 6.54 Å². The Labute approximate surface area is 86.9 Å². The Kier molecular flexibility index (Phi) is 3.59. The Morgan fingerprint density at radius 1 is 1.71 bits per heavy atom. The van der Waals surface area contributed by atoms with Crippen LogP contribution in [0.4, 0.5) is 0 Å². The fourth-order valence-electron chi connectivity index (χ4n) is 0.768.